The van der Waals surface area contributed by atoms with E-state index in [0.717, 1.165) is 12.8 Å². The highest BCUT2D eigenvalue weighted by Gasteiger charge is 2.28. The summed E-state index contributed by atoms with van der Waals surface area (Å²) in [6.07, 6.45) is 4.10. The number of primary sulfonamides is 1. The molecule has 0 saturated heterocycles. The Balaban J connectivity index is 2.49. The number of hydrogen-bond donors (Lipinski definition) is 1. The molecule has 1 aliphatic rings. The first kappa shape index (κ1) is 11.3. The van der Waals surface area contributed by atoms with Gasteiger partial charge in [-0.2, -0.15) is 0 Å². The van der Waals surface area contributed by atoms with E-state index in [-0.39, 0.29) is 11.0 Å². The van der Waals surface area contributed by atoms with Crippen LogP contribution in [-0.2, 0) is 16.4 Å². The summed E-state index contributed by atoms with van der Waals surface area (Å²) in [7, 11) is -3.75. The fourth-order valence-electron chi connectivity index (χ4n) is 1.43. The molecule has 2 rings (SSSR count). The highest BCUT2D eigenvalue weighted by molar-refractivity contribution is 7.89. The van der Waals surface area contributed by atoms with Gasteiger partial charge >= 0.3 is 0 Å². The van der Waals surface area contributed by atoms with Crippen LogP contribution in [0.1, 0.15) is 25.5 Å². The molecule has 1 aromatic rings. The van der Waals surface area contributed by atoms with Crippen LogP contribution >= 0.6 is 0 Å². The van der Waals surface area contributed by atoms with E-state index in [2.05, 4.69) is 4.98 Å². The number of pyridine rings is 1. The van der Waals surface area contributed by atoms with E-state index < -0.39 is 10.0 Å². The van der Waals surface area contributed by atoms with E-state index >= 15 is 0 Å². The Morgan fingerprint density at radius 1 is 1.56 bits per heavy atom. The molecule has 88 valence electrons. The van der Waals surface area contributed by atoms with Crippen LogP contribution < -0.4 is 9.88 Å². The number of nitrogens with zero attached hydrogens (tertiary/aromatic N) is 1. The van der Waals surface area contributed by atoms with Crippen molar-refractivity contribution < 1.29 is 13.2 Å². The molecule has 1 saturated carbocycles. The molecule has 0 radical (unpaired) electrons. The molecule has 0 unspecified atom stereocenters. The minimum Gasteiger partial charge on any atom is -0.487 e. The molecule has 0 bridgehead atoms. The van der Waals surface area contributed by atoms with Crippen molar-refractivity contribution in [2.45, 2.75) is 37.2 Å². The molecule has 0 atom stereocenters. The third-order valence-corrected chi connectivity index (χ3v) is 3.33. The van der Waals surface area contributed by atoms with Crippen LogP contribution in [0, 0.1) is 0 Å². The van der Waals surface area contributed by atoms with Crippen molar-refractivity contribution in [1.29, 1.82) is 0 Å². The molecule has 1 fully saturated rings. The first-order valence-electron chi connectivity index (χ1n) is 5.19. The molecule has 2 N–H and O–H groups in total. The van der Waals surface area contributed by atoms with Crippen molar-refractivity contribution in [3.8, 4) is 5.75 Å². The second-order valence-corrected chi connectivity index (χ2v) is 5.33. The number of aryl methyl sites for hydroxylation is 1. The molecule has 5 nitrogen and oxygen atoms in total. The molecular weight excluding hydrogens is 228 g/mol. The van der Waals surface area contributed by atoms with Gasteiger partial charge < -0.3 is 4.74 Å². The Morgan fingerprint density at radius 3 is 2.75 bits per heavy atom. The maximum atomic E-state index is 11.4. The molecule has 16 heavy (non-hydrogen) atoms. The number of hydrogen-bond acceptors (Lipinski definition) is 4. The summed E-state index contributed by atoms with van der Waals surface area (Å²) < 4.78 is 28.4. The fraction of sp³-hybridized carbons (Fsp3) is 0.500. The summed E-state index contributed by atoms with van der Waals surface area (Å²) in [6, 6.07) is 1.38. The zero-order valence-electron chi connectivity index (χ0n) is 9.01. The molecule has 6 heteroatoms. The average Bonchev–Trinajstić information content (AvgIpc) is 3.00. The van der Waals surface area contributed by atoms with E-state index in [1.807, 2.05) is 6.92 Å². The van der Waals surface area contributed by atoms with Crippen LogP contribution in [0.5, 0.6) is 5.75 Å². The molecule has 1 aliphatic carbocycles. The molecule has 0 spiro atoms. The van der Waals surface area contributed by atoms with Crippen LogP contribution in [0.4, 0.5) is 0 Å². The average molecular weight is 242 g/mol. The Labute approximate surface area is 94.7 Å². The summed E-state index contributed by atoms with van der Waals surface area (Å²) in [5, 5.41) is 5.14. The number of ether oxygens (including phenoxy) is 1. The maximum Gasteiger partial charge on any atom is 0.241 e. The van der Waals surface area contributed by atoms with E-state index in [1.54, 1.807) is 0 Å². The predicted octanol–water partition coefficient (Wildman–Crippen LogP) is 0.833. The van der Waals surface area contributed by atoms with Gasteiger partial charge in [0.15, 0.2) is 5.75 Å². The molecule has 0 amide bonds. The fourth-order valence-corrected chi connectivity index (χ4v) is 2.10. The van der Waals surface area contributed by atoms with Gasteiger partial charge in [0.1, 0.15) is 4.90 Å². The van der Waals surface area contributed by atoms with Crippen LogP contribution in [0.15, 0.2) is 17.2 Å². The van der Waals surface area contributed by atoms with Crippen molar-refractivity contribution in [3.63, 3.8) is 0 Å². The lowest BCUT2D eigenvalue weighted by molar-refractivity contribution is 0.290. The first-order chi connectivity index (χ1) is 7.52. The molecule has 1 aromatic heterocycles. The van der Waals surface area contributed by atoms with Crippen molar-refractivity contribution in [2.75, 3.05) is 0 Å². The summed E-state index contributed by atoms with van der Waals surface area (Å²) in [6.45, 7) is 1.90. The number of aromatic nitrogens is 1. The lowest BCUT2D eigenvalue weighted by Crippen LogP contribution is -2.16. The predicted molar refractivity (Wildman–Crippen MR) is 58.6 cm³/mol. The summed E-state index contributed by atoms with van der Waals surface area (Å²) in [4.78, 5) is 4.14. The topological polar surface area (TPSA) is 82.3 Å². The van der Waals surface area contributed by atoms with Gasteiger partial charge in [-0.3, -0.25) is 4.98 Å². The Kier molecular flexibility index (Phi) is 2.86. The third-order valence-electron chi connectivity index (χ3n) is 2.39. The van der Waals surface area contributed by atoms with Crippen LogP contribution in [0.25, 0.3) is 0 Å². The highest BCUT2D eigenvalue weighted by atomic mass is 32.2. The van der Waals surface area contributed by atoms with Gasteiger partial charge in [-0.15, -0.1) is 0 Å². The first-order valence-corrected chi connectivity index (χ1v) is 6.74. The van der Waals surface area contributed by atoms with E-state index in [4.69, 9.17) is 9.88 Å². The smallest absolute Gasteiger partial charge is 0.241 e. The molecule has 0 aromatic carbocycles. The van der Waals surface area contributed by atoms with Gasteiger partial charge in [0.25, 0.3) is 0 Å². The largest absolute Gasteiger partial charge is 0.487 e. The summed E-state index contributed by atoms with van der Waals surface area (Å²) >= 11 is 0. The van der Waals surface area contributed by atoms with E-state index in [0.29, 0.717) is 17.9 Å². The number of sulfonamides is 1. The highest BCUT2D eigenvalue weighted by Crippen LogP contribution is 2.33. The maximum absolute atomic E-state index is 11.4. The molecule has 1 heterocycles. The quantitative estimate of drug-likeness (QED) is 0.847. The summed E-state index contributed by atoms with van der Waals surface area (Å²) in [5.74, 6) is 0.329. The van der Waals surface area contributed by atoms with Crippen molar-refractivity contribution in [2.24, 2.45) is 5.14 Å². The van der Waals surface area contributed by atoms with Crippen LogP contribution in [-0.4, -0.2) is 19.5 Å². The zero-order chi connectivity index (χ0) is 11.8. The number of nitrogens with two attached hydrogens (primary N) is 1. The van der Waals surface area contributed by atoms with Gasteiger partial charge in [0, 0.05) is 6.20 Å². The van der Waals surface area contributed by atoms with Gasteiger partial charge in [-0.1, -0.05) is 6.92 Å². The lowest BCUT2D eigenvalue weighted by Gasteiger charge is -2.12. The van der Waals surface area contributed by atoms with Crippen molar-refractivity contribution >= 4 is 10.0 Å². The van der Waals surface area contributed by atoms with Gasteiger partial charge in [-0.25, -0.2) is 13.6 Å². The Bertz CT molecular complexity index is 495. The van der Waals surface area contributed by atoms with Crippen LogP contribution in [0.2, 0.25) is 0 Å². The van der Waals surface area contributed by atoms with Gasteiger partial charge in [-0.05, 0) is 25.3 Å². The van der Waals surface area contributed by atoms with Gasteiger partial charge in [0.05, 0.1) is 11.8 Å². The molecular formula is C10H14N2O3S. The van der Waals surface area contributed by atoms with Crippen molar-refractivity contribution in [3.05, 3.63) is 18.0 Å². The lowest BCUT2D eigenvalue weighted by atomic mass is 10.2. The standard InChI is InChI=1S/C10H14N2O3S/c1-2-8-10(15-7-3-4-7)9(5-6-12-8)16(11,13)14/h5-7H,2-4H2,1H3,(H2,11,13,14). The minimum atomic E-state index is -3.75. The summed E-state index contributed by atoms with van der Waals surface area (Å²) in [5.41, 5.74) is 0.637. The minimum absolute atomic E-state index is 0.0336. The van der Waals surface area contributed by atoms with E-state index in [1.165, 1.54) is 12.3 Å². The van der Waals surface area contributed by atoms with Crippen molar-refractivity contribution in [1.82, 2.24) is 4.98 Å². The second kappa shape index (κ2) is 4.03. The molecule has 0 aliphatic heterocycles. The zero-order valence-corrected chi connectivity index (χ0v) is 9.83. The normalized spacial score (nSPS) is 16.1. The third kappa shape index (κ3) is 2.33. The van der Waals surface area contributed by atoms with Crippen LogP contribution in [0.3, 0.4) is 0 Å². The monoisotopic (exact) mass is 242 g/mol. The SMILES string of the molecule is CCc1nccc(S(N)(=O)=O)c1OC1CC1. The Hall–Kier alpha value is -1.14. The van der Waals surface area contributed by atoms with Gasteiger partial charge in [0.2, 0.25) is 10.0 Å². The van der Waals surface area contributed by atoms with E-state index in [9.17, 15) is 8.42 Å². The second-order valence-electron chi connectivity index (χ2n) is 3.80. The Morgan fingerprint density at radius 2 is 2.25 bits per heavy atom. The number of rotatable bonds is 4.